The molecule has 0 bridgehead atoms. The number of carbonyl (C=O) groups is 3. The molecule has 0 saturated carbocycles. The van der Waals surface area contributed by atoms with E-state index in [1.165, 1.54) is 31.1 Å². The number of hydrogen-bond donors (Lipinski definition) is 1. The number of likely N-dealkylation sites (N-methyl/N-ethyl adjacent to an activating group) is 3. The third-order valence-corrected chi connectivity index (χ3v) is 7.37. The van der Waals surface area contributed by atoms with E-state index in [-0.39, 0.29) is 24.3 Å². The van der Waals surface area contributed by atoms with Crippen LogP contribution < -0.4 is 5.73 Å². The van der Waals surface area contributed by atoms with Crippen LogP contribution in [-0.2, 0) is 22.6 Å². The number of amides is 3. The topological polar surface area (TPSA) is 90.2 Å². The van der Waals surface area contributed by atoms with Gasteiger partial charge in [-0.25, -0.2) is 5.01 Å². The van der Waals surface area contributed by atoms with Gasteiger partial charge in [-0.05, 0) is 41.0 Å². The average Bonchev–Trinajstić information content (AvgIpc) is 3.02. The van der Waals surface area contributed by atoms with Crippen molar-refractivity contribution in [2.75, 3.05) is 41.8 Å². The number of aryl methyl sites for hydroxylation is 1. The number of nitrogens with zero attached hydrogens (tertiary/aromatic N) is 4. The molecule has 0 spiro atoms. The summed E-state index contributed by atoms with van der Waals surface area (Å²) >= 11 is 0. The van der Waals surface area contributed by atoms with Crippen LogP contribution in [0.15, 0.2) is 97.1 Å². The maximum Gasteiger partial charge on any atom is 0.259 e. The lowest BCUT2D eigenvalue weighted by atomic mass is 10.0. The van der Waals surface area contributed by atoms with Crippen LogP contribution in [0, 0.1) is 6.92 Å². The molecule has 0 saturated heterocycles. The summed E-state index contributed by atoms with van der Waals surface area (Å²) in [5.74, 6) is -0.810. The molecule has 4 aromatic carbocycles. The molecule has 1 unspecified atom stereocenters. The lowest BCUT2D eigenvalue weighted by Crippen LogP contribution is -2.54. The van der Waals surface area contributed by atoms with Gasteiger partial charge in [0.05, 0.1) is 6.54 Å². The van der Waals surface area contributed by atoms with Crippen molar-refractivity contribution in [3.8, 4) is 0 Å². The second kappa shape index (κ2) is 15.6. The van der Waals surface area contributed by atoms with E-state index >= 15 is 0 Å². The number of rotatable bonds is 9. The van der Waals surface area contributed by atoms with Crippen LogP contribution in [0.4, 0.5) is 0 Å². The van der Waals surface area contributed by atoms with Gasteiger partial charge in [0.1, 0.15) is 6.04 Å². The Hall–Kier alpha value is -4.53. The van der Waals surface area contributed by atoms with E-state index in [9.17, 15) is 14.4 Å². The summed E-state index contributed by atoms with van der Waals surface area (Å²) in [6.45, 7) is 2.30. The Balaban J connectivity index is 0.000000380. The maximum atomic E-state index is 13.1. The number of hydrazine groups is 1. The van der Waals surface area contributed by atoms with Gasteiger partial charge in [0, 0.05) is 53.8 Å². The van der Waals surface area contributed by atoms with Crippen LogP contribution in [0.25, 0.3) is 10.8 Å². The zero-order valence-electron chi connectivity index (χ0n) is 26.0. The Kier molecular flexibility index (Phi) is 12.0. The third-order valence-electron chi connectivity index (χ3n) is 7.37. The van der Waals surface area contributed by atoms with Crippen molar-refractivity contribution >= 4 is 28.5 Å². The molecule has 1 atom stereocenters. The summed E-state index contributed by atoms with van der Waals surface area (Å²) in [6, 6.07) is 30.8. The van der Waals surface area contributed by atoms with E-state index in [4.69, 9.17) is 5.73 Å². The third kappa shape index (κ3) is 9.23. The molecule has 8 nitrogen and oxygen atoms in total. The van der Waals surface area contributed by atoms with Crippen LogP contribution in [-0.4, -0.2) is 85.4 Å². The summed E-state index contributed by atoms with van der Waals surface area (Å²) in [4.78, 5) is 41.8. The highest BCUT2D eigenvalue weighted by molar-refractivity contribution is 5.97. The minimum absolute atomic E-state index is 0.146. The predicted molar refractivity (Wildman–Crippen MR) is 173 cm³/mol. The molecule has 4 aromatic rings. The first-order valence-corrected chi connectivity index (χ1v) is 14.3. The number of nitrogens with two attached hydrogens (primary N) is 1. The number of fused-ring (bicyclic) bond motifs is 1. The Labute approximate surface area is 255 Å². The molecule has 0 fully saturated rings. The van der Waals surface area contributed by atoms with Crippen LogP contribution in [0.5, 0.6) is 0 Å². The lowest BCUT2D eigenvalue weighted by molar-refractivity contribution is -0.152. The Bertz CT molecular complexity index is 1520. The maximum absolute atomic E-state index is 13.1. The number of benzene rings is 4. The van der Waals surface area contributed by atoms with Gasteiger partial charge < -0.3 is 15.5 Å². The van der Waals surface area contributed by atoms with Gasteiger partial charge in [-0.15, -0.1) is 0 Å². The van der Waals surface area contributed by atoms with Crippen LogP contribution >= 0.6 is 0 Å². The first kappa shape index (κ1) is 33.0. The lowest BCUT2D eigenvalue weighted by Gasteiger charge is -2.34. The Morgan fingerprint density at radius 2 is 1.35 bits per heavy atom. The van der Waals surface area contributed by atoms with Gasteiger partial charge in [0.2, 0.25) is 5.91 Å². The van der Waals surface area contributed by atoms with Gasteiger partial charge in [-0.3, -0.25) is 19.4 Å². The van der Waals surface area contributed by atoms with Crippen molar-refractivity contribution in [1.82, 2.24) is 19.8 Å². The minimum atomic E-state index is -0.707. The largest absolute Gasteiger partial charge is 0.332 e. The fraction of sp³-hybridized carbons (Fsp3) is 0.286. The molecular weight excluding hydrogens is 538 g/mol. The van der Waals surface area contributed by atoms with E-state index in [2.05, 4.69) is 49.4 Å². The minimum Gasteiger partial charge on any atom is -0.332 e. The van der Waals surface area contributed by atoms with Crippen molar-refractivity contribution in [3.63, 3.8) is 0 Å². The number of hydrogen-bond acceptors (Lipinski definition) is 5. The summed E-state index contributed by atoms with van der Waals surface area (Å²) in [6.07, 6.45) is 0.371. The van der Waals surface area contributed by atoms with Crippen molar-refractivity contribution in [1.29, 1.82) is 0 Å². The first-order chi connectivity index (χ1) is 20.5. The molecule has 0 radical (unpaired) electrons. The molecule has 226 valence electrons. The molecule has 43 heavy (non-hydrogen) atoms. The van der Waals surface area contributed by atoms with E-state index < -0.39 is 6.04 Å². The average molecular weight is 582 g/mol. The second-order valence-electron chi connectivity index (χ2n) is 10.8. The molecule has 0 aliphatic carbocycles. The molecule has 0 aliphatic rings. The van der Waals surface area contributed by atoms with Crippen molar-refractivity contribution < 1.29 is 14.4 Å². The zero-order chi connectivity index (χ0) is 31.5. The molecule has 0 aromatic heterocycles. The quantitative estimate of drug-likeness (QED) is 0.297. The number of carbonyl (C=O) groups excluding carboxylic acids is 3. The van der Waals surface area contributed by atoms with Crippen molar-refractivity contribution in [2.24, 2.45) is 5.73 Å². The van der Waals surface area contributed by atoms with Crippen LogP contribution in [0.2, 0.25) is 0 Å². The molecule has 2 N–H and O–H groups in total. The summed E-state index contributed by atoms with van der Waals surface area (Å²) < 4.78 is 0. The summed E-state index contributed by atoms with van der Waals surface area (Å²) in [5, 5.41) is 5.79. The van der Waals surface area contributed by atoms with Crippen molar-refractivity contribution in [2.45, 2.75) is 25.9 Å². The monoisotopic (exact) mass is 581 g/mol. The molecule has 8 heteroatoms. The molecule has 0 heterocycles. The highest BCUT2D eigenvalue weighted by Crippen LogP contribution is 2.15. The van der Waals surface area contributed by atoms with Gasteiger partial charge >= 0.3 is 0 Å². The zero-order valence-corrected chi connectivity index (χ0v) is 26.0. The highest BCUT2D eigenvalue weighted by Gasteiger charge is 2.31. The smallest absolute Gasteiger partial charge is 0.259 e. The van der Waals surface area contributed by atoms with Gasteiger partial charge in [0.15, 0.2) is 0 Å². The van der Waals surface area contributed by atoms with Gasteiger partial charge in [0.25, 0.3) is 11.8 Å². The van der Waals surface area contributed by atoms with Gasteiger partial charge in [-0.1, -0.05) is 90.5 Å². The normalized spacial score (nSPS) is 11.3. The Morgan fingerprint density at radius 3 is 2.00 bits per heavy atom. The first-order valence-electron chi connectivity index (χ1n) is 14.3. The molecule has 0 aliphatic heterocycles. The van der Waals surface area contributed by atoms with E-state index in [1.54, 1.807) is 58.4 Å². The summed E-state index contributed by atoms with van der Waals surface area (Å²) in [5.41, 5.74) is 9.24. The SMILES string of the molecule is CN(CC(=O)N(C)C(Cc1ccccc1)C(=O)N(C)N(C)C)C(=O)c1cccc(CN)c1.Cc1ccc2ccccc2c1. The molecular formula is C35H43N5O3. The van der Waals surface area contributed by atoms with Crippen molar-refractivity contribution in [3.05, 3.63) is 119 Å². The second-order valence-corrected chi connectivity index (χ2v) is 10.8. The van der Waals surface area contributed by atoms with E-state index in [0.717, 1.165) is 11.1 Å². The van der Waals surface area contributed by atoms with Crippen LogP contribution in [0.3, 0.4) is 0 Å². The standard InChI is InChI=1S/C24H33N5O3.C11H10/c1-26(2)29(5)24(32)21(15-18-10-7-6-8-11-18)28(4)22(30)17-27(3)23(31)20-13-9-12-19(14-20)16-25;1-9-6-7-10-4-2-3-5-11(10)8-9/h6-14,21H,15-17,25H2,1-5H3;2-8H,1H3. The van der Waals surface area contributed by atoms with E-state index in [0.29, 0.717) is 18.5 Å². The highest BCUT2D eigenvalue weighted by atomic mass is 16.2. The fourth-order valence-corrected chi connectivity index (χ4v) is 4.56. The summed E-state index contributed by atoms with van der Waals surface area (Å²) in [7, 11) is 8.37. The Morgan fingerprint density at radius 1 is 0.721 bits per heavy atom. The molecule has 3 amide bonds. The van der Waals surface area contributed by atoms with E-state index in [1.807, 2.05) is 36.4 Å². The fourth-order valence-electron chi connectivity index (χ4n) is 4.56. The molecule has 4 rings (SSSR count). The predicted octanol–water partition coefficient (Wildman–Crippen LogP) is 4.37. The van der Waals surface area contributed by atoms with Crippen LogP contribution in [0.1, 0.15) is 27.0 Å². The van der Waals surface area contributed by atoms with Gasteiger partial charge in [-0.2, -0.15) is 0 Å².